The van der Waals surface area contributed by atoms with Gasteiger partial charge in [0.1, 0.15) is 6.17 Å². The van der Waals surface area contributed by atoms with Crippen molar-refractivity contribution in [2.75, 3.05) is 33.7 Å². The maximum Gasteiger partial charge on any atom is 0.128 e. The summed E-state index contributed by atoms with van der Waals surface area (Å²) in [7, 11) is 4.34. The quantitative estimate of drug-likeness (QED) is 0.790. The lowest BCUT2D eigenvalue weighted by Crippen LogP contribution is -2.48. The largest absolute Gasteiger partial charge is 0.305 e. The smallest absolute Gasteiger partial charge is 0.128 e. The second kappa shape index (κ2) is 4.48. The number of hydrogen-bond acceptors (Lipinski definition) is 3. The molecule has 3 rings (SSSR count). The van der Waals surface area contributed by atoms with E-state index in [1.165, 1.54) is 29.9 Å². The van der Waals surface area contributed by atoms with Crippen molar-refractivity contribution in [1.82, 2.24) is 9.80 Å². The second-order valence-corrected chi connectivity index (χ2v) is 5.74. The van der Waals surface area contributed by atoms with Gasteiger partial charge in [0.2, 0.25) is 0 Å². The van der Waals surface area contributed by atoms with Crippen LogP contribution in [0.1, 0.15) is 17.3 Å². The van der Waals surface area contributed by atoms with E-state index in [1.54, 1.807) is 0 Å². The highest BCUT2D eigenvalue weighted by atomic mass is 15.3. The van der Waals surface area contributed by atoms with Crippen molar-refractivity contribution in [3.05, 3.63) is 35.4 Å². The summed E-state index contributed by atoms with van der Waals surface area (Å²) in [6, 6.07) is 8.76. The van der Waals surface area contributed by atoms with Gasteiger partial charge in [-0.3, -0.25) is 9.89 Å². The van der Waals surface area contributed by atoms with Crippen LogP contribution in [0.3, 0.4) is 0 Å². The van der Waals surface area contributed by atoms with Gasteiger partial charge in [-0.25, -0.2) is 0 Å². The molecule has 1 fully saturated rings. The molecule has 0 aliphatic carbocycles. The normalized spacial score (nSPS) is 26.2. The number of likely N-dealkylation sites (tertiary alicyclic amines) is 1. The van der Waals surface area contributed by atoms with Crippen LogP contribution >= 0.6 is 0 Å². The fraction of sp³-hybridized carbons (Fsp3) is 0.533. The molecular formula is C15H21N3. The first-order valence-corrected chi connectivity index (χ1v) is 6.65. The first-order valence-electron chi connectivity index (χ1n) is 6.65. The van der Waals surface area contributed by atoms with Crippen LogP contribution in [0.4, 0.5) is 0 Å². The van der Waals surface area contributed by atoms with Crippen molar-refractivity contribution in [3.8, 4) is 0 Å². The molecule has 96 valence electrons. The summed E-state index contributed by atoms with van der Waals surface area (Å²) < 4.78 is 0. The predicted molar refractivity (Wildman–Crippen MR) is 75.0 cm³/mol. The minimum Gasteiger partial charge on any atom is -0.305 e. The fourth-order valence-electron chi connectivity index (χ4n) is 2.85. The lowest BCUT2D eigenvalue weighted by atomic mass is 9.95. The van der Waals surface area contributed by atoms with Crippen molar-refractivity contribution in [2.45, 2.75) is 13.1 Å². The van der Waals surface area contributed by atoms with Crippen LogP contribution in [0.5, 0.6) is 0 Å². The number of aliphatic imine (C=N–C) groups is 1. The summed E-state index contributed by atoms with van der Waals surface area (Å²) in [5.74, 6) is 0.688. The average molecular weight is 243 g/mol. The molecule has 1 aromatic carbocycles. The maximum atomic E-state index is 4.94. The molecule has 0 N–H and O–H groups in total. The van der Waals surface area contributed by atoms with Gasteiger partial charge < -0.3 is 4.90 Å². The Morgan fingerprint density at radius 2 is 1.78 bits per heavy atom. The molecule has 3 heteroatoms. The van der Waals surface area contributed by atoms with Gasteiger partial charge in [-0.05, 0) is 26.6 Å². The molecule has 0 saturated carbocycles. The Morgan fingerprint density at radius 1 is 1.11 bits per heavy atom. The van der Waals surface area contributed by atoms with Crippen LogP contribution in [0.15, 0.2) is 29.3 Å². The molecule has 1 aromatic rings. The molecule has 0 spiro atoms. The highest BCUT2D eigenvalue weighted by molar-refractivity contribution is 5.91. The lowest BCUT2D eigenvalue weighted by molar-refractivity contribution is 0.181. The van der Waals surface area contributed by atoms with E-state index in [1.807, 2.05) is 0 Å². The molecule has 2 aliphatic rings. The Morgan fingerprint density at radius 3 is 2.39 bits per heavy atom. The van der Waals surface area contributed by atoms with E-state index < -0.39 is 0 Å². The van der Waals surface area contributed by atoms with Crippen LogP contribution in [-0.4, -0.2) is 49.2 Å². The zero-order chi connectivity index (χ0) is 12.7. The Balaban J connectivity index is 1.78. The van der Waals surface area contributed by atoms with Crippen molar-refractivity contribution in [1.29, 1.82) is 0 Å². The summed E-state index contributed by atoms with van der Waals surface area (Å²) in [6.07, 6.45) is 0.228. The van der Waals surface area contributed by atoms with Crippen LogP contribution < -0.4 is 0 Å². The molecule has 2 aliphatic heterocycles. The average Bonchev–Trinajstić information content (AvgIpc) is 2.68. The predicted octanol–water partition coefficient (Wildman–Crippen LogP) is 1.94. The van der Waals surface area contributed by atoms with Crippen molar-refractivity contribution < 1.29 is 0 Å². The fourth-order valence-corrected chi connectivity index (χ4v) is 2.85. The lowest BCUT2D eigenvalue weighted by Gasteiger charge is -2.36. The van der Waals surface area contributed by atoms with Gasteiger partial charge in [0.25, 0.3) is 0 Å². The van der Waals surface area contributed by atoms with Gasteiger partial charge in [0.15, 0.2) is 0 Å². The number of nitrogens with zero attached hydrogens (tertiary/aromatic N) is 3. The third-order valence-corrected chi connectivity index (χ3v) is 4.03. The van der Waals surface area contributed by atoms with Crippen molar-refractivity contribution in [2.24, 2.45) is 10.9 Å². The summed E-state index contributed by atoms with van der Waals surface area (Å²) in [6.45, 7) is 5.50. The molecule has 0 aromatic heterocycles. The number of aryl methyl sites for hydroxylation is 1. The summed E-state index contributed by atoms with van der Waals surface area (Å²) >= 11 is 0. The molecule has 3 nitrogen and oxygen atoms in total. The Kier molecular flexibility index (Phi) is 2.96. The van der Waals surface area contributed by atoms with Gasteiger partial charge in [-0.1, -0.05) is 29.8 Å². The number of rotatable bonds is 2. The minimum atomic E-state index is 0.228. The minimum absolute atomic E-state index is 0.228. The van der Waals surface area contributed by atoms with E-state index in [9.17, 15) is 0 Å². The molecule has 0 radical (unpaired) electrons. The molecule has 1 unspecified atom stereocenters. The maximum absolute atomic E-state index is 4.94. The highest BCUT2D eigenvalue weighted by Gasteiger charge is 2.34. The van der Waals surface area contributed by atoms with Gasteiger partial charge in [-0.15, -0.1) is 0 Å². The highest BCUT2D eigenvalue weighted by Crippen LogP contribution is 2.29. The molecule has 18 heavy (non-hydrogen) atoms. The second-order valence-electron chi connectivity index (χ2n) is 5.74. The Hall–Kier alpha value is -1.19. The van der Waals surface area contributed by atoms with Crippen LogP contribution in [-0.2, 0) is 0 Å². The summed E-state index contributed by atoms with van der Waals surface area (Å²) in [5.41, 5.74) is 4.01. The summed E-state index contributed by atoms with van der Waals surface area (Å²) in [5, 5.41) is 0. The van der Waals surface area contributed by atoms with Gasteiger partial charge >= 0.3 is 0 Å². The zero-order valence-corrected chi connectivity index (χ0v) is 11.4. The van der Waals surface area contributed by atoms with Crippen LogP contribution in [0.25, 0.3) is 0 Å². The van der Waals surface area contributed by atoms with E-state index in [0.29, 0.717) is 5.92 Å². The van der Waals surface area contributed by atoms with E-state index in [-0.39, 0.29) is 6.17 Å². The van der Waals surface area contributed by atoms with E-state index in [0.717, 1.165) is 6.54 Å². The Bertz CT molecular complexity index is 457. The first-order chi connectivity index (χ1) is 8.63. The van der Waals surface area contributed by atoms with E-state index in [2.05, 4.69) is 55.1 Å². The van der Waals surface area contributed by atoms with Gasteiger partial charge in [-0.2, -0.15) is 0 Å². The molecule has 2 heterocycles. The van der Waals surface area contributed by atoms with Crippen LogP contribution in [0, 0.1) is 12.8 Å². The van der Waals surface area contributed by atoms with Crippen LogP contribution in [0.2, 0.25) is 0 Å². The van der Waals surface area contributed by atoms with E-state index in [4.69, 9.17) is 4.99 Å². The zero-order valence-electron chi connectivity index (χ0n) is 11.4. The SMILES string of the molecule is Cc1ccc(C2N=C(C3CN(C)C3)CN2C)cc1. The van der Waals surface area contributed by atoms with Gasteiger partial charge in [0, 0.05) is 31.3 Å². The molecule has 0 bridgehead atoms. The topological polar surface area (TPSA) is 18.8 Å². The molecular weight excluding hydrogens is 222 g/mol. The summed E-state index contributed by atoms with van der Waals surface area (Å²) in [4.78, 5) is 9.64. The molecule has 1 saturated heterocycles. The molecule has 0 amide bonds. The first kappa shape index (κ1) is 11.9. The van der Waals surface area contributed by atoms with Gasteiger partial charge in [0.05, 0.1) is 0 Å². The van der Waals surface area contributed by atoms with Crippen molar-refractivity contribution in [3.63, 3.8) is 0 Å². The van der Waals surface area contributed by atoms with E-state index >= 15 is 0 Å². The number of hydrogen-bond donors (Lipinski definition) is 0. The third-order valence-electron chi connectivity index (χ3n) is 4.03. The monoisotopic (exact) mass is 243 g/mol. The standard InChI is InChI=1S/C15H21N3/c1-11-4-6-12(7-5-11)15-16-14(10-18(15)3)13-8-17(2)9-13/h4-7,13,15H,8-10H2,1-3H3. The Labute approximate surface area is 109 Å². The third kappa shape index (κ3) is 2.08. The number of benzene rings is 1. The molecule has 1 atom stereocenters. The van der Waals surface area contributed by atoms with Crippen molar-refractivity contribution >= 4 is 5.71 Å².